The van der Waals surface area contributed by atoms with Crippen molar-refractivity contribution < 1.29 is 0 Å². The molecule has 0 radical (unpaired) electrons. The van der Waals surface area contributed by atoms with Gasteiger partial charge in [-0.25, -0.2) is 0 Å². The Hall–Kier alpha value is -1.25. The summed E-state index contributed by atoms with van der Waals surface area (Å²) in [6.07, 6.45) is 1.09. The smallest absolute Gasteiger partial charge is 0.174 e. The second kappa shape index (κ2) is 6.07. The first-order valence-electron chi connectivity index (χ1n) is 5.94. The third kappa shape index (κ3) is 2.95. The summed E-state index contributed by atoms with van der Waals surface area (Å²) in [7, 11) is 0. The predicted octanol–water partition coefficient (Wildman–Crippen LogP) is 3.04. The molecule has 2 rings (SSSR count). The molecule has 1 unspecified atom stereocenters. The van der Waals surface area contributed by atoms with Crippen LogP contribution in [0.3, 0.4) is 0 Å². The van der Waals surface area contributed by atoms with Crippen LogP contribution in [0, 0.1) is 11.3 Å². The van der Waals surface area contributed by atoms with E-state index in [1.807, 2.05) is 30.0 Å². The van der Waals surface area contributed by atoms with Gasteiger partial charge in [-0.15, -0.1) is 11.8 Å². The summed E-state index contributed by atoms with van der Waals surface area (Å²) in [6.45, 7) is 3.17. The lowest BCUT2D eigenvalue weighted by Crippen LogP contribution is -2.37. The zero-order valence-electron chi connectivity index (χ0n) is 10.2. The third-order valence-electron chi connectivity index (χ3n) is 2.84. The first kappa shape index (κ1) is 13.2. The number of nitrogens with zero attached hydrogens (tertiary/aromatic N) is 2. The molecule has 94 valence electrons. The zero-order chi connectivity index (χ0) is 13.0. The predicted molar refractivity (Wildman–Crippen MR) is 80.6 cm³/mol. The number of nitriles is 1. The lowest BCUT2D eigenvalue weighted by atomic mass is 10.2. The van der Waals surface area contributed by atoms with Gasteiger partial charge in [0, 0.05) is 18.0 Å². The van der Waals surface area contributed by atoms with Crippen LogP contribution in [-0.4, -0.2) is 27.7 Å². The number of nitrogens with one attached hydrogen (secondary N) is 1. The summed E-state index contributed by atoms with van der Waals surface area (Å²) < 4.78 is 0. The minimum atomic E-state index is 0.476. The first-order valence-corrected chi connectivity index (χ1v) is 7.39. The van der Waals surface area contributed by atoms with Crippen molar-refractivity contribution >= 4 is 34.8 Å². The maximum atomic E-state index is 8.86. The van der Waals surface area contributed by atoms with E-state index in [0.717, 1.165) is 29.5 Å². The lowest BCUT2D eigenvalue weighted by Gasteiger charge is -2.25. The minimum Gasteiger partial charge on any atom is -0.336 e. The monoisotopic (exact) mass is 277 g/mol. The van der Waals surface area contributed by atoms with E-state index < -0.39 is 0 Å². The van der Waals surface area contributed by atoms with Crippen molar-refractivity contribution in [2.75, 3.05) is 17.6 Å². The highest BCUT2D eigenvalue weighted by Gasteiger charge is 2.25. The van der Waals surface area contributed by atoms with Crippen LogP contribution in [0.5, 0.6) is 0 Å². The Kier molecular flexibility index (Phi) is 4.45. The van der Waals surface area contributed by atoms with Gasteiger partial charge >= 0.3 is 0 Å². The molecule has 0 aromatic heterocycles. The van der Waals surface area contributed by atoms with Crippen LogP contribution < -0.4 is 5.32 Å². The van der Waals surface area contributed by atoms with Gasteiger partial charge in [-0.1, -0.05) is 13.0 Å². The van der Waals surface area contributed by atoms with E-state index in [0.29, 0.717) is 10.9 Å². The van der Waals surface area contributed by atoms with Crippen LogP contribution in [0.25, 0.3) is 0 Å². The van der Waals surface area contributed by atoms with Gasteiger partial charge < -0.3 is 10.2 Å². The second-order valence-electron chi connectivity index (χ2n) is 4.05. The Balaban J connectivity index is 2.04. The molecule has 5 heteroatoms. The Morgan fingerprint density at radius 2 is 2.50 bits per heavy atom. The van der Waals surface area contributed by atoms with Crippen LogP contribution in [-0.2, 0) is 0 Å². The first-order chi connectivity index (χ1) is 8.74. The molecule has 1 aromatic rings. The second-order valence-corrected chi connectivity index (χ2v) is 5.72. The molecule has 0 spiro atoms. The molecule has 18 heavy (non-hydrogen) atoms. The minimum absolute atomic E-state index is 0.476. The Bertz CT molecular complexity index is 481. The van der Waals surface area contributed by atoms with E-state index >= 15 is 0 Å². The molecule has 1 fully saturated rings. The number of benzene rings is 1. The molecule has 3 nitrogen and oxygen atoms in total. The highest BCUT2D eigenvalue weighted by molar-refractivity contribution is 8.00. The third-order valence-corrected chi connectivity index (χ3v) is 4.57. The Morgan fingerprint density at radius 1 is 1.67 bits per heavy atom. The van der Waals surface area contributed by atoms with Crippen LogP contribution in [0.2, 0.25) is 0 Å². The van der Waals surface area contributed by atoms with E-state index in [2.05, 4.69) is 23.2 Å². The average molecular weight is 277 g/mol. The largest absolute Gasteiger partial charge is 0.336 e. The quantitative estimate of drug-likeness (QED) is 0.841. The molecular formula is C13H15N3S2. The summed E-state index contributed by atoms with van der Waals surface area (Å²) in [6, 6.07) is 9.52. The highest BCUT2D eigenvalue weighted by atomic mass is 32.2. The van der Waals surface area contributed by atoms with E-state index in [1.165, 1.54) is 0 Å². The molecule has 1 aliphatic heterocycles. The molecule has 1 atom stereocenters. The van der Waals surface area contributed by atoms with Crippen molar-refractivity contribution in [2.45, 2.75) is 18.7 Å². The molecule has 1 saturated heterocycles. The van der Waals surface area contributed by atoms with Gasteiger partial charge in [0.15, 0.2) is 5.11 Å². The van der Waals surface area contributed by atoms with Crippen molar-refractivity contribution in [3.05, 3.63) is 29.8 Å². The summed E-state index contributed by atoms with van der Waals surface area (Å²) in [5, 5.41) is 13.3. The number of hydrogen-bond donors (Lipinski definition) is 1. The normalized spacial score (nSPS) is 18.4. The molecule has 0 amide bonds. The van der Waals surface area contributed by atoms with Gasteiger partial charge in [-0.2, -0.15) is 5.26 Å². The zero-order valence-corrected chi connectivity index (χ0v) is 11.9. The van der Waals surface area contributed by atoms with Gasteiger partial charge in [-0.05, 0) is 36.8 Å². The highest BCUT2D eigenvalue weighted by Crippen LogP contribution is 2.26. The fourth-order valence-electron chi connectivity index (χ4n) is 1.95. The summed E-state index contributed by atoms with van der Waals surface area (Å²) in [4.78, 5) is 2.22. The molecule has 1 heterocycles. The fraction of sp³-hybridized carbons (Fsp3) is 0.385. The lowest BCUT2D eigenvalue weighted by molar-refractivity contribution is 0.438. The fourth-order valence-corrected chi connectivity index (χ4v) is 3.56. The van der Waals surface area contributed by atoms with Crippen LogP contribution in [0.4, 0.5) is 5.69 Å². The van der Waals surface area contributed by atoms with Crippen LogP contribution in [0.1, 0.15) is 18.9 Å². The van der Waals surface area contributed by atoms with Gasteiger partial charge in [0.05, 0.1) is 17.0 Å². The molecular weight excluding hydrogens is 262 g/mol. The standard InChI is InChI=1S/C13H15N3S2/c1-2-12-16(6-7-18-12)13(17)15-11-5-3-4-10(8-11)9-14/h3-5,8,12H,2,6-7H2,1H3,(H,15,17). The molecule has 0 bridgehead atoms. The van der Waals surface area contributed by atoms with Crippen molar-refractivity contribution in [3.63, 3.8) is 0 Å². The van der Waals surface area contributed by atoms with E-state index in [-0.39, 0.29) is 0 Å². The molecule has 1 aliphatic rings. The topological polar surface area (TPSA) is 39.1 Å². The SMILES string of the molecule is CCC1SCCN1C(=S)Nc1cccc(C#N)c1. The van der Waals surface area contributed by atoms with E-state index in [1.54, 1.807) is 6.07 Å². The van der Waals surface area contributed by atoms with E-state index in [9.17, 15) is 0 Å². The number of thioether (sulfide) groups is 1. The number of thiocarbonyl (C=S) groups is 1. The summed E-state index contributed by atoms with van der Waals surface area (Å²) in [5.74, 6) is 1.12. The van der Waals surface area contributed by atoms with Gasteiger partial charge in [0.1, 0.15) is 0 Å². The molecule has 1 aromatic carbocycles. The van der Waals surface area contributed by atoms with Gasteiger partial charge in [0.2, 0.25) is 0 Å². The van der Waals surface area contributed by atoms with Crippen molar-refractivity contribution in [2.24, 2.45) is 0 Å². The summed E-state index contributed by atoms with van der Waals surface area (Å²) in [5.41, 5.74) is 1.52. The number of rotatable bonds is 2. The van der Waals surface area contributed by atoms with Crippen LogP contribution in [0.15, 0.2) is 24.3 Å². The van der Waals surface area contributed by atoms with E-state index in [4.69, 9.17) is 17.5 Å². The Labute approximate surface area is 117 Å². The summed E-state index contributed by atoms with van der Waals surface area (Å²) >= 11 is 7.38. The maximum Gasteiger partial charge on any atom is 0.174 e. The van der Waals surface area contributed by atoms with Gasteiger partial charge in [0.25, 0.3) is 0 Å². The molecule has 0 saturated carbocycles. The van der Waals surface area contributed by atoms with Crippen molar-refractivity contribution in [3.8, 4) is 6.07 Å². The van der Waals surface area contributed by atoms with Gasteiger partial charge in [-0.3, -0.25) is 0 Å². The van der Waals surface area contributed by atoms with Crippen molar-refractivity contribution in [1.82, 2.24) is 4.90 Å². The maximum absolute atomic E-state index is 8.86. The molecule has 0 aliphatic carbocycles. The van der Waals surface area contributed by atoms with Crippen LogP contribution >= 0.6 is 24.0 Å². The molecule has 1 N–H and O–H groups in total. The van der Waals surface area contributed by atoms with Crippen molar-refractivity contribution in [1.29, 1.82) is 5.26 Å². The Morgan fingerprint density at radius 3 is 3.22 bits per heavy atom. The average Bonchev–Trinajstić information content (AvgIpc) is 2.87. The number of hydrogen-bond acceptors (Lipinski definition) is 3. The number of anilines is 1.